The number of sulfonamides is 2. The smallest absolute Gasteiger partial charge is 0.261 e. The molecule has 168 valence electrons. The Morgan fingerprint density at radius 1 is 0.906 bits per heavy atom. The minimum Gasteiger partial charge on any atom is -0.495 e. The first kappa shape index (κ1) is 22.6. The molecule has 1 aliphatic rings. The van der Waals surface area contributed by atoms with Crippen molar-refractivity contribution in [3.8, 4) is 5.75 Å². The van der Waals surface area contributed by atoms with Gasteiger partial charge in [0.2, 0.25) is 10.0 Å². The molecule has 4 rings (SSSR count). The van der Waals surface area contributed by atoms with Gasteiger partial charge in [0.15, 0.2) is 0 Å². The summed E-state index contributed by atoms with van der Waals surface area (Å²) in [6.45, 7) is 0.524. The second-order valence-corrected chi connectivity index (χ2v) is 11.3. The van der Waals surface area contributed by atoms with Gasteiger partial charge in [0, 0.05) is 18.8 Å². The molecule has 0 atom stereocenters. The van der Waals surface area contributed by atoms with E-state index in [0.29, 0.717) is 24.4 Å². The maximum absolute atomic E-state index is 13.0. The van der Waals surface area contributed by atoms with Gasteiger partial charge in [-0.15, -0.1) is 0 Å². The third-order valence-corrected chi connectivity index (χ3v) is 8.78. The van der Waals surface area contributed by atoms with Crippen LogP contribution in [0.1, 0.15) is 11.1 Å². The Kier molecular flexibility index (Phi) is 6.17. The highest BCUT2D eigenvalue weighted by molar-refractivity contribution is 7.92. The van der Waals surface area contributed by atoms with Gasteiger partial charge >= 0.3 is 0 Å². The van der Waals surface area contributed by atoms with E-state index in [-0.39, 0.29) is 21.4 Å². The molecular formula is C22H21ClN2O5S2. The minimum atomic E-state index is -3.89. The number of hydrogen-bond donors (Lipinski definition) is 1. The summed E-state index contributed by atoms with van der Waals surface area (Å²) < 4.78 is 60.6. The standard InChI is InChI=1S/C22H21ClN2O5S2/c1-30-22-10-9-20(14-21(22)23)31(26,27)24-18-8-7-16-11-12-25(15-17(16)13-18)32(28,29)19-5-3-2-4-6-19/h2-10,13-14,24H,11-12,15H2,1H3. The zero-order chi connectivity index (χ0) is 22.9. The van der Waals surface area contributed by atoms with Crippen LogP contribution in [0.15, 0.2) is 76.5 Å². The van der Waals surface area contributed by atoms with Crippen molar-refractivity contribution in [1.82, 2.24) is 4.31 Å². The summed E-state index contributed by atoms with van der Waals surface area (Å²) in [4.78, 5) is 0.228. The first-order chi connectivity index (χ1) is 15.2. The number of anilines is 1. The maximum atomic E-state index is 13.0. The van der Waals surface area contributed by atoms with Gasteiger partial charge in [-0.05, 0) is 60.0 Å². The number of nitrogens with one attached hydrogen (secondary N) is 1. The molecule has 1 N–H and O–H groups in total. The number of nitrogens with zero attached hydrogens (tertiary/aromatic N) is 1. The molecule has 0 spiro atoms. The first-order valence-corrected chi connectivity index (χ1v) is 13.0. The number of hydrogen-bond acceptors (Lipinski definition) is 5. The number of benzene rings is 3. The predicted molar refractivity (Wildman–Crippen MR) is 123 cm³/mol. The van der Waals surface area contributed by atoms with Crippen molar-refractivity contribution in [1.29, 1.82) is 0 Å². The normalized spacial score (nSPS) is 14.6. The molecule has 1 heterocycles. The molecule has 3 aromatic carbocycles. The van der Waals surface area contributed by atoms with Crippen molar-refractivity contribution in [2.24, 2.45) is 0 Å². The highest BCUT2D eigenvalue weighted by Crippen LogP contribution is 2.30. The maximum Gasteiger partial charge on any atom is 0.261 e. The van der Waals surface area contributed by atoms with E-state index < -0.39 is 20.0 Å². The number of methoxy groups -OCH3 is 1. The van der Waals surface area contributed by atoms with Gasteiger partial charge in [0.05, 0.1) is 21.9 Å². The summed E-state index contributed by atoms with van der Waals surface area (Å²) in [7, 11) is -6.09. The topological polar surface area (TPSA) is 92.8 Å². The van der Waals surface area contributed by atoms with Crippen LogP contribution in [0.3, 0.4) is 0 Å². The molecule has 0 bridgehead atoms. The number of ether oxygens (including phenoxy) is 1. The van der Waals surface area contributed by atoms with Gasteiger partial charge < -0.3 is 4.74 Å². The summed E-state index contributed by atoms with van der Waals surface area (Å²) in [5.41, 5.74) is 2.08. The third-order valence-electron chi connectivity index (χ3n) is 5.25. The zero-order valence-electron chi connectivity index (χ0n) is 17.2. The van der Waals surface area contributed by atoms with Gasteiger partial charge in [0.25, 0.3) is 10.0 Å². The Bertz CT molecular complexity index is 1360. The van der Waals surface area contributed by atoms with E-state index in [0.717, 1.165) is 11.1 Å². The molecule has 7 nitrogen and oxygen atoms in total. The van der Waals surface area contributed by atoms with Gasteiger partial charge in [0.1, 0.15) is 5.75 Å². The van der Waals surface area contributed by atoms with Crippen molar-refractivity contribution in [3.63, 3.8) is 0 Å². The molecule has 0 amide bonds. The lowest BCUT2D eigenvalue weighted by Crippen LogP contribution is -2.36. The molecule has 0 saturated heterocycles. The summed E-state index contributed by atoms with van der Waals surface area (Å²) in [6, 6.07) is 17.6. The van der Waals surface area contributed by atoms with E-state index in [1.54, 1.807) is 42.5 Å². The molecule has 0 unspecified atom stereocenters. The molecule has 0 aromatic heterocycles. The van der Waals surface area contributed by atoms with E-state index in [1.807, 2.05) is 6.07 Å². The fourth-order valence-corrected chi connectivity index (χ4v) is 6.41. The summed E-state index contributed by atoms with van der Waals surface area (Å²) in [6.07, 6.45) is 0.544. The lowest BCUT2D eigenvalue weighted by Gasteiger charge is -2.28. The monoisotopic (exact) mass is 492 g/mol. The fourth-order valence-electron chi connectivity index (χ4n) is 3.57. The molecule has 1 aliphatic heterocycles. The molecule has 32 heavy (non-hydrogen) atoms. The summed E-state index contributed by atoms with van der Waals surface area (Å²) in [5.74, 6) is 0.374. The zero-order valence-corrected chi connectivity index (χ0v) is 19.5. The molecule has 0 saturated carbocycles. The third kappa shape index (κ3) is 4.47. The predicted octanol–water partition coefficient (Wildman–Crippen LogP) is 3.90. The average molecular weight is 493 g/mol. The lowest BCUT2D eigenvalue weighted by molar-refractivity contribution is 0.391. The second kappa shape index (κ2) is 8.74. The summed E-state index contributed by atoms with van der Waals surface area (Å²) in [5, 5.41) is 0.183. The molecule has 0 fully saturated rings. The van der Waals surface area contributed by atoms with Crippen molar-refractivity contribution >= 4 is 37.3 Å². The van der Waals surface area contributed by atoms with Crippen LogP contribution in [0.5, 0.6) is 5.75 Å². The highest BCUT2D eigenvalue weighted by Gasteiger charge is 2.28. The molecule has 3 aromatic rings. The van der Waals surface area contributed by atoms with Crippen LogP contribution in [0.2, 0.25) is 5.02 Å². The molecule has 0 aliphatic carbocycles. The molecule has 0 radical (unpaired) electrons. The lowest BCUT2D eigenvalue weighted by atomic mass is 10.0. The van der Waals surface area contributed by atoms with Crippen molar-refractivity contribution in [2.45, 2.75) is 22.8 Å². The van der Waals surface area contributed by atoms with Gasteiger partial charge in [-0.25, -0.2) is 16.8 Å². The van der Waals surface area contributed by atoms with Crippen molar-refractivity contribution in [2.75, 3.05) is 18.4 Å². The van der Waals surface area contributed by atoms with E-state index >= 15 is 0 Å². The second-order valence-electron chi connectivity index (χ2n) is 7.29. The SMILES string of the molecule is COc1ccc(S(=O)(=O)Nc2ccc3c(c2)CN(S(=O)(=O)c2ccccc2)CC3)cc1Cl. The van der Waals surface area contributed by atoms with Crippen molar-refractivity contribution in [3.05, 3.63) is 82.9 Å². The van der Waals surface area contributed by atoms with Crippen LogP contribution < -0.4 is 9.46 Å². The number of halogens is 1. The van der Waals surface area contributed by atoms with Crippen LogP contribution in [0, 0.1) is 0 Å². The Hall–Kier alpha value is -2.59. The van der Waals surface area contributed by atoms with Gasteiger partial charge in [-0.2, -0.15) is 4.31 Å². The van der Waals surface area contributed by atoms with Crippen LogP contribution in [-0.2, 0) is 33.0 Å². The van der Waals surface area contributed by atoms with Gasteiger partial charge in [-0.3, -0.25) is 4.72 Å². The largest absolute Gasteiger partial charge is 0.495 e. The van der Waals surface area contributed by atoms with E-state index in [9.17, 15) is 16.8 Å². The van der Waals surface area contributed by atoms with Crippen LogP contribution in [-0.4, -0.2) is 34.8 Å². The first-order valence-electron chi connectivity index (χ1n) is 9.74. The van der Waals surface area contributed by atoms with Crippen LogP contribution >= 0.6 is 11.6 Å². The van der Waals surface area contributed by atoms with E-state index in [1.165, 1.54) is 29.6 Å². The minimum absolute atomic E-state index is 0.00528. The van der Waals surface area contributed by atoms with Crippen molar-refractivity contribution < 1.29 is 21.6 Å². The number of rotatable bonds is 6. The molecule has 10 heteroatoms. The average Bonchev–Trinajstić information content (AvgIpc) is 2.79. The molecular weight excluding hydrogens is 472 g/mol. The van der Waals surface area contributed by atoms with E-state index in [4.69, 9.17) is 16.3 Å². The van der Waals surface area contributed by atoms with Gasteiger partial charge in [-0.1, -0.05) is 35.9 Å². The summed E-state index contributed by atoms with van der Waals surface area (Å²) >= 11 is 6.06. The van der Waals surface area contributed by atoms with Crippen LogP contribution in [0.4, 0.5) is 5.69 Å². The van der Waals surface area contributed by atoms with Crippen LogP contribution in [0.25, 0.3) is 0 Å². The number of fused-ring (bicyclic) bond motifs is 1. The van der Waals surface area contributed by atoms with E-state index in [2.05, 4.69) is 4.72 Å². The Morgan fingerprint density at radius 2 is 1.66 bits per heavy atom. The highest BCUT2D eigenvalue weighted by atomic mass is 35.5. The fraction of sp³-hybridized carbons (Fsp3) is 0.182. The Labute approximate surface area is 192 Å². The Balaban J connectivity index is 1.58. The quantitative estimate of drug-likeness (QED) is 0.563. The Morgan fingerprint density at radius 3 is 2.34 bits per heavy atom.